The van der Waals surface area contributed by atoms with Crippen LogP contribution >= 0.6 is 0 Å². The monoisotopic (exact) mass is 448 g/mol. The summed E-state index contributed by atoms with van der Waals surface area (Å²) in [5, 5.41) is 6.23. The van der Waals surface area contributed by atoms with Gasteiger partial charge in [0.2, 0.25) is 10.0 Å². The van der Waals surface area contributed by atoms with Gasteiger partial charge in [-0.1, -0.05) is 12.1 Å². The molecule has 1 aliphatic rings. The summed E-state index contributed by atoms with van der Waals surface area (Å²) in [6.45, 7) is 2.57. The topological polar surface area (TPSA) is 92.3 Å². The minimum absolute atomic E-state index is 0.0343. The smallest absolute Gasteiger partial charge is 0.387 e. The number of para-hydroxylation sites is 1. The molecule has 1 aromatic rings. The summed E-state index contributed by atoms with van der Waals surface area (Å²) in [5.74, 6) is 0.661. The van der Waals surface area contributed by atoms with Crippen LogP contribution in [-0.4, -0.2) is 63.8 Å². The number of sulfonamides is 1. The summed E-state index contributed by atoms with van der Waals surface area (Å²) in [5.41, 5.74) is 0.456. The van der Waals surface area contributed by atoms with Crippen molar-refractivity contribution >= 4 is 16.0 Å². The Hall–Kier alpha value is -2.14. The van der Waals surface area contributed by atoms with E-state index in [1.165, 1.54) is 10.6 Å². The minimum Gasteiger partial charge on any atom is -0.490 e. The van der Waals surface area contributed by atoms with Crippen molar-refractivity contribution in [2.24, 2.45) is 4.99 Å². The van der Waals surface area contributed by atoms with E-state index in [1.807, 2.05) is 6.92 Å². The third-order valence-electron chi connectivity index (χ3n) is 4.57. The molecule has 0 bridgehead atoms. The highest BCUT2D eigenvalue weighted by molar-refractivity contribution is 7.88. The zero-order chi connectivity index (χ0) is 22.1. The largest absolute Gasteiger partial charge is 0.490 e. The highest BCUT2D eigenvalue weighted by atomic mass is 32.2. The first-order chi connectivity index (χ1) is 14.3. The number of hydrogen-bond acceptors (Lipinski definition) is 5. The van der Waals surface area contributed by atoms with Gasteiger partial charge in [-0.05, 0) is 32.8 Å². The maximum absolute atomic E-state index is 12.9. The Balaban J connectivity index is 2.13. The van der Waals surface area contributed by atoms with Gasteiger partial charge in [0.05, 0.1) is 19.4 Å². The number of benzene rings is 1. The number of alkyl halides is 2. The number of aliphatic imine (C=N–C) groups is 1. The normalized spacial score (nSPS) is 17.9. The van der Waals surface area contributed by atoms with Gasteiger partial charge in [-0.2, -0.15) is 13.1 Å². The Labute approximate surface area is 176 Å². The minimum atomic E-state index is -3.26. The van der Waals surface area contributed by atoms with Crippen LogP contribution in [-0.2, 0) is 16.6 Å². The summed E-state index contributed by atoms with van der Waals surface area (Å²) in [7, 11) is -3.26. The first-order valence-corrected chi connectivity index (χ1v) is 11.8. The molecule has 0 aliphatic carbocycles. The predicted octanol–water partition coefficient (Wildman–Crippen LogP) is 2.17. The third kappa shape index (κ3) is 6.98. The van der Waals surface area contributed by atoms with Gasteiger partial charge >= 0.3 is 6.61 Å². The van der Waals surface area contributed by atoms with E-state index < -0.39 is 16.6 Å². The molecule has 2 rings (SSSR count). The number of halogens is 2. The van der Waals surface area contributed by atoms with Gasteiger partial charge in [-0.15, -0.1) is 0 Å². The van der Waals surface area contributed by atoms with E-state index in [2.05, 4.69) is 20.4 Å². The Morgan fingerprint density at radius 3 is 2.73 bits per heavy atom. The van der Waals surface area contributed by atoms with Gasteiger partial charge in [-0.3, -0.25) is 0 Å². The van der Waals surface area contributed by atoms with Crippen LogP contribution in [0.15, 0.2) is 23.2 Å². The molecule has 30 heavy (non-hydrogen) atoms. The molecule has 0 aromatic heterocycles. The number of ether oxygens (including phenoxy) is 2. The van der Waals surface area contributed by atoms with Crippen LogP contribution in [0.5, 0.6) is 11.5 Å². The van der Waals surface area contributed by atoms with Crippen LogP contribution in [0.25, 0.3) is 0 Å². The van der Waals surface area contributed by atoms with E-state index in [1.54, 1.807) is 25.1 Å². The molecule has 8 nitrogen and oxygen atoms in total. The zero-order valence-corrected chi connectivity index (χ0v) is 18.3. The second kappa shape index (κ2) is 11.3. The van der Waals surface area contributed by atoms with E-state index in [4.69, 9.17) is 4.74 Å². The van der Waals surface area contributed by atoms with Crippen LogP contribution in [0.3, 0.4) is 0 Å². The number of nitrogens with zero attached hydrogens (tertiary/aromatic N) is 2. The number of rotatable bonds is 10. The molecule has 0 unspecified atom stereocenters. The summed E-state index contributed by atoms with van der Waals surface area (Å²) in [6, 6.07) is 4.76. The van der Waals surface area contributed by atoms with Crippen molar-refractivity contribution in [2.75, 3.05) is 32.5 Å². The molecule has 1 heterocycles. The van der Waals surface area contributed by atoms with Crippen molar-refractivity contribution in [2.45, 2.75) is 45.9 Å². The SMILES string of the molecule is CCNC(=NCc1cccc(OCC)c1OC(F)F)NC[C@H]1CCCN1S(C)(=O)=O. The van der Waals surface area contributed by atoms with Crippen LogP contribution in [0, 0.1) is 0 Å². The Kier molecular flexibility index (Phi) is 9.09. The molecule has 1 aromatic carbocycles. The van der Waals surface area contributed by atoms with E-state index in [0.717, 1.165) is 12.8 Å². The zero-order valence-electron chi connectivity index (χ0n) is 17.5. The second-order valence-electron chi connectivity index (χ2n) is 6.80. The van der Waals surface area contributed by atoms with E-state index >= 15 is 0 Å². The van der Waals surface area contributed by atoms with E-state index in [9.17, 15) is 17.2 Å². The van der Waals surface area contributed by atoms with Gasteiger partial charge in [0.15, 0.2) is 17.5 Å². The average Bonchev–Trinajstić information content (AvgIpc) is 3.15. The summed E-state index contributed by atoms with van der Waals surface area (Å²) in [6.07, 6.45) is 2.79. The molecule has 0 saturated carbocycles. The summed E-state index contributed by atoms with van der Waals surface area (Å²) >= 11 is 0. The number of hydrogen-bond donors (Lipinski definition) is 2. The van der Waals surface area contributed by atoms with Gasteiger partial charge in [0.1, 0.15) is 0 Å². The van der Waals surface area contributed by atoms with Gasteiger partial charge in [-0.25, -0.2) is 13.4 Å². The van der Waals surface area contributed by atoms with Crippen molar-refractivity contribution in [3.8, 4) is 11.5 Å². The lowest BCUT2D eigenvalue weighted by Crippen LogP contribution is -2.46. The van der Waals surface area contributed by atoms with Crippen LogP contribution < -0.4 is 20.1 Å². The lowest BCUT2D eigenvalue weighted by atomic mass is 10.2. The van der Waals surface area contributed by atoms with Crippen molar-refractivity contribution in [3.63, 3.8) is 0 Å². The maximum Gasteiger partial charge on any atom is 0.387 e. The van der Waals surface area contributed by atoms with Crippen LogP contribution in [0.2, 0.25) is 0 Å². The quantitative estimate of drug-likeness (QED) is 0.421. The van der Waals surface area contributed by atoms with Crippen molar-refractivity contribution < 1.29 is 26.7 Å². The fourth-order valence-corrected chi connectivity index (χ4v) is 4.53. The average molecular weight is 449 g/mol. The lowest BCUT2D eigenvalue weighted by molar-refractivity contribution is -0.0520. The molecule has 11 heteroatoms. The van der Waals surface area contributed by atoms with Gasteiger partial charge < -0.3 is 20.1 Å². The molecule has 1 atom stereocenters. The molecule has 0 amide bonds. The Bertz CT molecular complexity index is 821. The Morgan fingerprint density at radius 1 is 1.33 bits per heavy atom. The van der Waals surface area contributed by atoms with Crippen molar-refractivity contribution in [3.05, 3.63) is 23.8 Å². The molecule has 1 fully saturated rings. The molecular formula is C19H30F2N4O4S. The molecule has 0 spiro atoms. The second-order valence-corrected chi connectivity index (χ2v) is 8.74. The molecule has 1 saturated heterocycles. The highest BCUT2D eigenvalue weighted by Gasteiger charge is 2.31. The molecule has 170 valence electrons. The first kappa shape index (κ1) is 24.1. The van der Waals surface area contributed by atoms with E-state index in [-0.39, 0.29) is 24.1 Å². The fourth-order valence-electron chi connectivity index (χ4n) is 3.35. The maximum atomic E-state index is 12.9. The molecule has 1 aliphatic heterocycles. The fraction of sp³-hybridized carbons (Fsp3) is 0.632. The van der Waals surface area contributed by atoms with Crippen molar-refractivity contribution in [1.82, 2.24) is 14.9 Å². The molecule has 2 N–H and O–H groups in total. The van der Waals surface area contributed by atoms with Crippen molar-refractivity contribution in [1.29, 1.82) is 0 Å². The van der Waals surface area contributed by atoms with Gasteiger partial charge in [0, 0.05) is 31.2 Å². The predicted molar refractivity (Wildman–Crippen MR) is 112 cm³/mol. The van der Waals surface area contributed by atoms with E-state index in [0.29, 0.717) is 37.8 Å². The third-order valence-corrected chi connectivity index (χ3v) is 5.91. The van der Waals surface area contributed by atoms with Crippen LogP contribution in [0.1, 0.15) is 32.3 Å². The number of nitrogens with one attached hydrogen (secondary N) is 2. The first-order valence-electron chi connectivity index (χ1n) is 9.94. The van der Waals surface area contributed by atoms with Gasteiger partial charge in [0.25, 0.3) is 0 Å². The standard InChI is InChI=1S/C19H30F2N4O4S/c1-4-22-19(24-13-15-9-7-11-25(15)30(3,26)27)23-12-14-8-6-10-16(28-5-2)17(14)29-18(20)21/h6,8,10,15,18H,4-5,7,9,11-13H2,1-3H3,(H2,22,23,24)/t15-/m1/s1. The summed E-state index contributed by atoms with van der Waals surface area (Å²) in [4.78, 5) is 4.45. The molecule has 0 radical (unpaired) electrons. The van der Waals surface area contributed by atoms with Crippen LogP contribution in [0.4, 0.5) is 8.78 Å². The highest BCUT2D eigenvalue weighted by Crippen LogP contribution is 2.33. The Morgan fingerprint density at radius 2 is 2.10 bits per heavy atom. The lowest BCUT2D eigenvalue weighted by Gasteiger charge is -2.23. The number of guanidine groups is 1. The summed E-state index contributed by atoms with van der Waals surface area (Å²) < 4.78 is 61.1. The molecular weight excluding hydrogens is 418 g/mol.